The number of carbonyl (C=O) groups excluding carboxylic acids is 1. The third-order valence-corrected chi connectivity index (χ3v) is 2.67. The second-order valence-electron chi connectivity index (χ2n) is 4.60. The molecular weight excluding hydrogens is 273 g/mol. The molecule has 0 aliphatic heterocycles. The molecule has 0 aliphatic carbocycles. The minimum atomic E-state index is -1.10. The Morgan fingerprint density at radius 2 is 2.05 bits per heavy atom. The molecule has 6 heteroatoms. The zero-order valence-corrected chi connectivity index (χ0v) is 11.4. The number of halogens is 2. The largest absolute Gasteiger partial charge is 0.480 e. The van der Waals surface area contributed by atoms with Crippen LogP contribution in [0.5, 0.6) is 0 Å². The molecule has 0 radical (unpaired) electrons. The molecule has 104 valence electrons. The number of rotatable bonds is 5. The van der Waals surface area contributed by atoms with Crippen LogP contribution in [0.25, 0.3) is 0 Å². The molecule has 1 aromatic carbocycles. The van der Waals surface area contributed by atoms with E-state index in [1.54, 1.807) is 0 Å². The van der Waals surface area contributed by atoms with Crippen molar-refractivity contribution < 1.29 is 19.1 Å². The van der Waals surface area contributed by atoms with E-state index < -0.39 is 24.2 Å². The van der Waals surface area contributed by atoms with E-state index in [9.17, 15) is 14.0 Å². The van der Waals surface area contributed by atoms with Crippen molar-refractivity contribution in [2.45, 2.75) is 13.8 Å². The fraction of sp³-hybridized carbons (Fsp3) is 0.385. The maximum Gasteiger partial charge on any atom is 0.323 e. The first-order valence-corrected chi connectivity index (χ1v) is 6.15. The summed E-state index contributed by atoms with van der Waals surface area (Å²) in [5.74, 6) is -2.05. The van der Waals surface area contributed by atoms with Gasteiger partial charge >= 0.3 is 5.97 Å². The first-order chi connectivity index (χ1) is 8.81. The molecular formula is C13H15ClFNO3. The van der Waals surface area contributed by atoms with E-state index in [1.165, 1.54) is 11.0 Å². The summed E-state index contributed by atoms with van der Waals surface area (Å²) in [6.07, 6.45) is 0. The summed E-state index contributed by atoms with van der Waals surface area (Å²) in [6, 6.07) is 3.41. The van der Waals surface area contributed by atoms with Gasteiger partial charge in [0.2, 0.25) is 0 Å². The van der Waals surface area contributed by atoms with E-state index in [0.717, 1.165) is 12.1 Å². The van der Waals surface area contributed by atoms with Crippen LogP contribution >= 0.6 is 11.6 Å². The third kappa shape index (κ3) is 4.52. The average molecular weight is 288 g/mol. The van der Waals surface area contributed by atoms with Crippen LogP contribution in [0.4, 0.5) is 4.39 Å². The number of aliphatic carboxylic acids is 1. The molecule has 4 nitrogen and oxygen atoms in total. The third-order valence-electron chi connectivity index (χ3n) is 2.36. The highest BCUT2D eigenvalue weighted by atomic mass is 35.5. The number of benzene rings is 1. The van der Waals surface area contributed by atoms with Gasteiger partial charge in [0.25, 0.3) is 5.91 Å². The lowest BCUT2D eigenvalue weighted by molar-refractivity contribution is -0.137. The minimum Gasteiger partial charge on any atom is -0.480 e. The summed E-state index contributed by atoms with van der Waals surface area (Å²) in [7, 11) is 0. The highest BCUT2D eigenvalue weighted by Crippen LogP contribution is 2.19. The van der Waals surface area contributed by atoms with Gasteiger partial charge < -0.3 is 10.0 Å². The van der Waals surface area contributed by atoms with Gasteiger partial charge in [0, 0.05) is 6.54 Å². The monoisotopic (exact) mass is 287 g/mol. The minimum absolute atomic E-state index is 0.0239. The van der Waals surface area contributed by atoms with Crippen molar-refractivity contribution in [3.05, 3.63) is 34.6 Å². The normalized spacial score (nSPS) is 10.6. The number of hydrogen-bond donors (Lipinski definition) is 1. The second kappa shape index (κ2) is 6.52. The molecule has 0 saturated carbocycles. The summed E-state index contributed by atoms with van der Waals surface area (Å²) in [6.45, 7) is 3.62. The van der Waals surface area contributed by atoms with Crippen molar-refractivity contribution in [2.24, 2.45) is 5.92 Å². The molecule has 0 saturated heterocycles. The first-order valence-electron chi connectivity index (χ1n) is 5.77. The first kappa shape index (κ1) is 15.4. The van der Waals surface area contributed by atoms with Crippen LogP contribution in [0.2, 0.25) is 5.02 Å². The van der Waals surface area contributed by atoms with Crippen molar-refractivity contribution in [3.63, 3.8) is 0 Å². The van der Waals surface area contributed by atoms with Gasteiger partial charge in [-0.2, -0.15) is 0 Å². The van der Waals surface area contributed by atoms with Gasteiger partial charge in [-0.3, -0.25) is 9.59 Å². The lowest BCUT2D eigenvalue weighted by Crippen LogP contribution is -2.38. The van der Waals surface area contributed by atoms with E-state index >= 15 is 0 Å². The van der Waals surface area contributed by atoms with E-state index in [0.29, 0.717) is 6.54 Å². The zero-order valence-electron chi connectivity index (χ0n) is 10.7. The number of hydrogen-bond acceptors (Lipinski definition) is 2. The Morgan fingerprint density at radius 1 is 1.42 bits per heavy atom. The number of nitrogens with zero attached hydrogens (tertiary/aromatic N) is 1. The molecule has 0 bridgehead atoms. The van der Waals surface area contributed by atoms with E-state index in [1.807, 2.05) is 13.8 Å². The van der Waals surface area contributed by atoms with Crippen LogP contribution in [-0.2, 0) is 4.79 Å². The van der Waals surface area contributed by atoms with Gasteiger partial charge in [0.1, 0.15) is 12.4 Å². The predicted octanol–water partition coefficient (Wildman–Crippen LogP) is 2.66. The van der Waals surface area contributed by atoms with Crippen molar-refractivity contribution >= 4 is 23.5 Å². The molecule has 0 unspecified atom stereocenters. The topological polar surface area (TPSA) is 57.6 Å². The molecule has 0 atom stereocenters. The molecule has 1 aromatic rings. The molecule has 1 rings (SSSR count). The van der Waals surface area contributed by atoms with Gasteiger partial charge in [0.15, 0.2) is 0 Å². The van der Waals surface area contributed by atoms with Crippen molar-refractivity contribution in [1.29, 1.82) is 0 Å². The highest BCUT2D eigenvalue weighted by Gasteiger charge is 2.21. The number of carbonyl (C=O) groups is 2. The Kier molecular flexibility index (Phi) is 5.30. The quantitative estimate of drug-likeness (QED) is 0.906. The lowest BCUT2D eigenvalue weighted by atomic mass is 10.1. The molecule has 0 spiro atoms. The van der Waals surface area contributed by atoms with Gasteiger partial charge in [0.05, 0.1) is 10.6 Å². The van der Waals surface area contributed by atoms with Crippen molar-refractivity contribution in [2.75, 3.05) is 13.1 Å². The number of carboxylic acid groups (broad SMARTS) is 1. The summed E-state index contributed by atoms with van der Waals surface area (Å²) in [5.41, 5.74) is 0.102. The zero-order chi connectivity index (χ0) is 14.6. The van der Waals surface area contributed by atoms with Gasteiger partial charge in [-0.15, -0.1) is 0 Å². The fourth-order valence-corrected chi connectivity index (χ4v) is 1.90. The Morgan fingerprint density at radius 3 is 2.53 bits per heavy atom. The van der Waals surface area contributed by atoms with E-state index in [-0.39, 0.29) is 16.5 Å². The second-order valence-corrected chi connectivity index (χ2v) is 5.00. The number of amides is 1. The Labute approximate surface area is 115 Å². The molecule has 1 N–H and O–H groups in total. The van der Waals surface area contributed by atoms with Crippen LogP contribution in [0.15, 0.2) is 18.2 Å². The fourth-order valence-electron chi connectivity index (χ4n) is 1.66. The van der Waals surface area contributed by atoms with Crippen molar-refractivity contribution in [1.82, 2.24) is 4.90 Å². The van der Waals surface area contributed by atoms with E-state index in [2.05, 4.69) is 0 Å². The van der Waals surface area contributed by atoms with Gasteiger partial charge in [-0.25, -0.2) is 4.39 Å². The SMILES string of the molecule is CC(C)CN(CC(=O)O)C(=O)c1ccc(F)cc1Cl. The predicted molar refractivity (Wildman–Crippen MR) is 69.8 cm³/mol. The maximum absolute atomic E-state index is 12.9. The molecule has 0 aliphatic rings. The maximum atomic E-state index is 12.9. The Hall–Kier alpha value is -1.62. The van der Waals surface area contributed by atoms with Crippen molar-refractivity contribution in [3.8, 4) is 0 Å². The summed E-state index contributed by atoms with van der Waals surface area (Å²) in [5, 5.41) is 8.80. The van der Waals surface area contributed by atoms with Crippen LogP contribution in [0.1, 0.15) is 24.2 Å². The molecule has 0 heterocycles. The van der Waals surface area contributed by atoms with Crippen LogP contribution < -0.4 is 0 Å². The van der Waals surface area contributed by atoms with Crippen LogP contribution in [0, 0.1) is 11.7 Å². The van der Waals surface area contributed by atoms with Gasteiger partial charge in [-0.05, 0) is 24.1 Å². The molecule has 0 aromatic heterocycles. The van der Waals surface area contributed by atoms with Gasteiger partial charge in [-0.1, -0.05) is 25.4 Å². The van der Waals surface area contributed by atoms with E-state index in [4.69, 9.17) is 16.7 Å². The molecule has 19 heavy (non-hydrogen) atoms. The van der Waals surface area contributed by atoms with Crippen LogP contribution in [-0.4, -0.2) is 35.0 Å². The smallest absolute Gasteiger partial charge is 0.323 e. The molecule has 1 amide bonds. The lowest BCUT2D eigenvalue weighted by Gasteiger charge is -2.23. The standard InChI is InChI=1S/C13H15ClFNO3/c1-8(2)6-16(7-12(17)18)13(19)10-4-3-9(15)5-11(10)14/h3-5,8H,6-7H2,1-2H3,(H,17,18). The van der Waals surface area contributed by atoms with Crippen LogP contribution in [0.3, 0.4) is 0 Å². The molecule has 0 fully saturated rings. The average Bonchev–Trinajstić information content (AvgIpc) is 2.26. The summed E-state index contributed by atoms with van der Waals surface area (Å²) >= 11 is 5.81. The summed E-state index contributed by atoms with van der Waals surface area (Å²) in [4.78, 5) is 24.2. The number of carboxylic acids is 1. The Bertz CT molecular complexity index is 491. The highest BCUT2D eigenvalue weighted by molar-refractivity contribution is 6.33. The summed E-state index contributed by atoms with van der Waals surface area (Å²) < 4.78 is 12.9. The Balaban J connectivity index is 3.00.